The Kier molecular flexibility index (Phi) is 1.86. The van der Waals surface area contributed by atoms with E-state index in [1.165, 1.54) is 4.68 Å². The topological polar surface area (TPSA) is 59.8 Å². The summed E-state index contributed by atoms with van der Waals surface area (Å²) in [6.07, 6.45) is 0. The molecule has 80 valence electrons. The maximum atomic E-state index is 11.8. The highest BCUT2D eigenvalue weighted by molar-refractivity contribution is 5.86. The van der Waals surface area contributed by atoms with Crippen LogP contribution in [0.3, 0.4) is 0 Å². The van der Waals surface area contributed by atoms with Crippen LogP contribution in [-0.2, 0) is 14.1 Å². The van der Waals surface area contributed by atoms with E-state index >= 15 is 0 Å². The van der Waals surface area contributed by atoms with Gasteiger partial charge >= 0.3 is 0 Å². The highest BCUT2D eigenvalue weighted by atomic mass is 16.2. The van der Waals surface area contributed by atoms with Crippen LogP contribution in [0.15, 0.2) is 9.59 Å². The molecule has 0 unspecified atom stereocenters. The van der Waals surface area contributed by atoms with Crippen LogP contribution >= 0.6 is 0 Å². The van der Waals surface area contributed by atoms with E-state index in [-0.39, 0.29) is 11.1 Å². The molecule has 0 bridgehead atoms. The number of aryl methyl sites for hydroxylation is 3. The maximum Gasteiger partial charge on any atom is 0.274 e. The average molecular weight is 207 g/mol. The Morgan fingerprint density at radius 2 is 1.53 bits per heavy atom. The van der Waals surface area contributed by atoms with E-state index in [9.17, 15) is 9.59 Å². The van der Waals surface area contributed by atoms with Crippen LogP contribution < -0.4 is 11.1 Å². The summed E-state index contributed by atoms with van der Waals surface area (Å²) < 4.78 is 3.08. The Morgan fingerprint density at radius 3 is 2.13 bits per heavy atom. The third kappa shape index (κ3) is 1.09. The largest absolute Gasteiger partial charge is 0.351 e. The number of rotatable bonds is 0. The molecule has 0 fully saturated rings. The first-order valence-electron chi connectivity index (χ1n) is 4.70. The molecule has 2 aromatic rings. The van der Waals surface area contributed by atoms with Crippen molar-refractivity contribution in [3.8, 4) is 0 Å². The number of H-pyrrole nitrogens is 1. The zero-order valence-electron chi connectivity index (χ0n) is 9.21. The lowest BCUT2D eigenvalue weighted by Gasteiger charge is -1.97. The van der Waals surface area contributed by atoms with Gasteiger partial charge in [-0.15, -0.1) is 0 Å². The Balaban J connectivity index is 3.25. The van der Waals surface area contributed by atoms with E-state index in [1.807, 2.05) is 25.5 Å². The van der Waals surface area contributed by atoms with Gasteiger partial charge in [-0.05, 0) is 13.8 Å². The van der Waals surface area contributed by atoms with Crippen LogP contribution in [0.5, 0.6) is 0 Å². The minimum absolute atomic E-state index is 0.161. The summed E-state index contributed by atoms with van der Waals surface area (Å²) >= 11 is 0. The summed E-state index contributed by atoms with van der Waals surface area (Å²) in [7, 11) is 3.40. The molecule has 0 saturated heterocycles. The molecular weight excluding hydrogens is 194 g/mol. The lowest BCUT2D eigenvalue weighted by Crippen LogP contribution is -2.27. The molecule has 0 radical (unpaired) electrons. The molecule has 0 saturated carbocycles. The molecule has 0 aromatic carbocycles. The van der Waals surface area contributed by atoms with E-state index in [0.717, 1.165) is 11.4 Å². The zero-order chi connectivity index (χ0) is 11.3. The minimum Gasteiger partial charge on any atom is -0.351 e. The Hall–Kier alpha value is -1.78. The van der Waals surface area contributed by atoms with E-state index in [4.69, 9.17) is 0 Å². The fourth-order valence-corrected chi connectivity index (χ4v) is 1.91. The van der Waals surface area contributed by atoms with Gasteiger partial charge in [-0.25, -0.2) is 0 Å². The molecule has 5 heteroatoms. The van der Waals surface area contributed by atoms with Gasteiger partial charge in [-0.3, -0.25) is 19.4 Å². The van der Waals surface area contributed by atoms with Crippen LogP contribution in [-0.4, -0.2) is 14.3 Å². The van der Waals surface area contributed by atoms with Gasteiger partial charge in [0.1, 0.15) is 0 Å². The van der Waals surface area contributed by atoms with Gasteiger partial charge in [-0.1, -0.05) is 0 Å². The van der Waals surface area contributed by atoms with Crippen molar-refractivity contribution in [2.24, 2.45) is 14.1 Å². The van der Waals surface area contributed by atoms with Gasteiger partial charge < -0.3 is 4.57 Å². The second-order valence-electron chi connectivity index (χ2n) is 3.78. The van der Waals surface area contributed by atoms with Gasteiger partial charge in [0.05, 0.1) is 10.8 Å². The maximum absolute atomic E-state index is 11.8. The molecule has 2 aromatic heterocycles. The lowest BCUT2D eigenvalue weighted by atomic mass is 10.2. The third-order valence-corrected chi connectivity index (χ3v) is 2.99. The summed E-state index contributed by atoms with van der Waals surface area (Å²) in [6.45, 7) is 3.68. The summed E-state index contributed by atoms with van der Waals surface area (Å²) in [5.74, 6) is 0. The first kappa shape index (κ1) is 9.76. The molecule has 1 N–H and O–H groups in total. The Labute approximate surface area is 85.9 Å². The Bertz CT molecular complexity index is 658. The predicted octanol–water partition coefficient (Wildman–Crippen LogP) is 0.182. The predicted molar refractivity (Wildman–Crippen MR) is 58.3 cm³/mol. The number of hydrogen-bond acceptors (Lipinski definition) is 2. The third-order valence-electron chi connectivity index (χ3n) is 2.99. The standard InChI is InChI=1S/C10H13N3O2/c1-5-7-8(6(2)12(5)3)10(15)13(4)11-9(7)14/h1-4H3,(H,11,14). The molecule has 2 heterocycles. The molecule has 15 heavy (non-hydrogen) atoms. The first-order chi connectivity index (χ1) is 6.95. The molecule has 0 atom stereocenters. The molecule has 0 aliphatic carbocycles. The molecule has 0 spiro atoms. The van der Waals surface area contributed by atoms with Crippen molar-refractivity contribution < 1.29 is 0 Å². The highest BCUT2D eigenvalue weighted by Gasteiger charge is 2.15. The molecular formula is C10H13N3O2. The van der Waals surface area contributed by atoms with E-state index in [0.29, 0.717) is 10.8 Å². The normalized spacial score (nSPS) is 11.2. The van der Waals surface area contributed by atoms with Crippen LogP contribution in [0.4, 0.5) is 0 Å². The SMILES string of the molecule is Cc1c2c(=O)[nH]n(C)c(=O)c2c(C)n1C. The highest BCUT2D eigenvalue weighted by Crippen LogP contribution is 2.16. The van der Waals surface area contributed by atoms with Crippen molar-refractivity contribution in [3.63, 3.8) is 0 Å². The first-order valence-corrected chi connectivity index (χ1v) is 4.70. The molecule has 2 rings (SSSR count). The number of hydrogen-bond donors (Lipinski definition) is 1. The number of aromatic nitrogens is 3. The van der Waals surface area contributed by atoms with Gasteiger partial charge in [0.2, 0.25) is 0 Å². The van der Waals surface area contributed by atoms with E-state index in [1.54, 1.807) is 7.05 Å². The van der Waals surface area contributed by atoms with Gasteiger partial charge in [0.15, 0.2) is 0 Å². The average Bonchev–Trinajstić information content (AvgIpc) is 2.40. The van der Waals surface area contributed by atoms with Crippen molar-refractivity contribution in [2.45, 2.75) is 13.8 Å². The number of fused-ring (bicyclic) bond motifs is 1. The van der Waals surface area contributed by atoms with Crippen LogP contribution in [0.25, 0.3) is 10.8 Å². The monoisotopic (exact) mass is 207 g/mol. The smallest absolute Gasteiger partial charge is 0.274 e. The zero-order valence-corrected chi connectivity index (χ0v) is 9.21. The van der Waals surface area contributed by atoms with Crippen molar-refractivity contribution in [3.05, 3.63) is 32.1 Å². The number of nitrogens with one attached hydrogen (secondary N) is 1. The molecule has 0 amide bonds. The Morgan fingerprint density at radius 1 is 1.00 bits per heavy atom. The number of nitrogens with zero attached hydrogens (tertiary/aromatic N) is 2. The van der Waals surface area contributed by atoms with Crippen molar-refractivity contribution in [2.75, 3.05) is 0 Å². The number of aromatic amines is 1. The van der Waals surface area contributed by atoms with E-state index < -0.39 is 0 Å². The van der Waals surface area contributed by atoms with Crippen LogP contribution in [0, 0.1) is 13.8 Å². The van der Waals surface area contributed by atoms with Gasteiger partial charge in [0.25, 0.3) is 11.1 Å². The van der Waals surface area contributed by atoms with Gasteiger partial charge in [0, 0.05) is 25.5 Å². The fraction of sp³-hybridized carbons (Fsp3) is 0.400. The van der Waals surface area contributed by atoms with E-state index in [2.05, 4.69) is 5.10 Å². The molecule has 5 nitrogen and oxygen atoms in total. The summed E-state index contributed by atoms with van der Waals surface area (Å²) in [6, 6.07) is 0. The quantitative estimate of drug-likeness (QED) is 0.670. The second kappa shape index (κ2) is 2.85. The molecule has 0 aliphatic rings. The summed E-state index contributed by atoms with van der Waals surface area (Å²) in [5, 5.41) is 3.51. The fourth-order valence-electron chi connectivity index (χ4n) is 1.91. The van der Waals surface area contributed by atoms with Crippen LogP contribution in [0.1, 0.15) is 11.4 Å². The second-order valence-corrected chi connectivity index (χ2v) is 3.78. The lowest BCUT2D eigenvalue weighted by molar-refractivity contribution is 0.704. The summed E-state index contributed by atoms with van der Waals surface area (Å²) in [4.78, 5) is 23.6. The van der Waals surface area contributed by atoms with Crippen molar-refractivity contribution in [1.82, 2.24) is 14.3 Å². The van der Waals surface area contributed by atoms with Crippen molar-refractivity contribution >= 4 is 10.8 Å². The van der Waals surface area contributed by atoms with Crippen LogP contribution in [0.2, 0.25) is 0 Å². The van der Waals surface area contributed by atoms with Crippen molar-refractivity contribution in [1.29, 1.82) is 0 Å². The minimum atomic E-state index is -0.215. The van der Waals surface area contributed by atoms with Gasteiger partial charge in [-0.2, -0.15) is 0 Å². The molecule has 0 aliphatic heterocycles. The summed E-state index contributed by atoms with van der Waals surface area (Å²) in [5.41, 5.74) is 1.27.